The first-order valence-electron chi connectivity index (χ1n) is 19.2. The van der Waals surface area contributed by atoms with Crippen LogP contribution in [-0.2, 0) is 9.59 Å². The van der Waals surface area contributed by atoms with Crippen molar-refractivity contribution in [3.05, 3.63) is 204 Å². The molecule has 0 aliphatic heterocycles. The maximum Gasteiger partial charge on any atom is 0.338 e. The lowest BCUT2D eigenvalue weighted by Crippen LogP contribution is -2.12. The molecular formula is C52H38Cl2N2O4. The van der Waals surface area contributed by atoms with E-state index in [9.17, 15) is 9.59 Å². The first kappa shape index (κ1) is 39.7. The van der Waals surface area contributed by atoms with Gasteiger partial charge in [0.15, 0.2) is 0 Å². The summed E-state index contributed by atoms with van der Waals surface area (Å²) in [5.74, 6) is -0.0915. The quantitative estimate of drug-likeness (QED) is 0.0735. The minimum atomic E-state index is -0.488. The Hall–Kier alpha value is -7.12. The zero-order valence-electron chi connectivity index (χ0n) is 32.9. The molecule has 8 heteroatoms. The van der Waals surface area contributed by atoms with E-state index in [1.54, 1.807) is 26.0 Å². The van der Waals surface area contributed by atoms with Crippen molar-refractivity contribution in [1.82, 2.24) is 0 Å². The molecule has 0 unspecified atom stereocenters. The number of para-hydroxylation sites is 2. The Morgan fingerprint density at radius 1 is 0.433 bits per heavy atom. The number of anilines is 6. The molecule has 0 amide bonds. The molecular weight excluding hydrogens is 787 g/mol. The van der Waals surface area contributed by atoms with Crippen LogP contribution in [0.4, 0.5) is 34.1 Å². The molecule has 0 N–H and O–H groups in total. The number of ether oxygens (including phenoxy) is 2. The molecule has 0 aromatic heterocycles. The van der Waals surface area contributed by atoms with E-state index < -0.39 is 11.9 Å². The third-order valence-electron chi connectivity index (χ3n) is 10.0. The number of fused-ring (bicyclic) bond motifs is 2. The van der Waals surface area contributed by atoms with Crippen molar-refractivity contribution in [3.8, 4) is 22.6 Å². The SMILES string of the molecule is C=C(C)C(=O)Oc1cccc2c(N(c3ccccc3)c3ccc(-c4ccc(N(c5ccccc5)c5cccc6c(OC(=O)C(=C)C)cccc56)c(Cl)c4)cc3Cl)cccc12. The van der Waals surface area contributed by atoms with E-state index in [1.807, 2.05) is 158 Å². The van der Waals surface area contributed by atoms with Crippen LogP contribution in [0.2, 0.25) is 10.0 Å². The van der Waals surface area contributed by atoms with E-state index in [0.29, 0.717) is 32.7 Å². The van der Waals surface area contributed by atoms with Crippen LogP contribution in [0.3, 0.4) is 0 Å². The molecule has 8 aromatic carbocycles. The highest BCUT2D eigenvalue weighted by molar-refractivity contribution is 6.35. The number of carbonyl (C=O) groups excluding carboxylic acids is 2. The van der Waals surface area contributed by atoms with Gasteiger partial charge in [0.05, 0.1) is 32.8 Å². The van der Waals surface area contributed by atoms with Crippen LogP contribution < -0.4 is 19.3 Å². The van der Waals surface area contributed by atoms with Crippen LogP contribution in [0.15, 0.2) is 194 Å². The van der Waals surface area contributed by atoms with Gasteiger partial charge < -0.3 is 19.3 Å². The second-order valence-electron chi connectivity index (χ2n) is 14.3. The Morgan fingerprint density at radius 3 is 1.17 bits per heavy atom. The molecule has 0 aliphatic rings. The van der Waals surface area contributed by atoms with Crippen molar-refractivity contribution in [2.24, 2.45) is 0 Å². The molecule has 6 nitrogen and oxygen atoms in total. The summed E-state index contributed by atoms with van der Waals surface area (Å²) in [6.45, 7) is 10.7. The zero-order valence-corrected chi connectivity index (χ0v) is 34.4. The smallest absolute Gasteiger partial charge is 0.338 e. The van der Waals surface area contributed by atoms with E-state index in [2.05, 4.69) is 23.0 Å². The molecule has 0 atom stereocenters. The van der Waals surface area contributed by atoms with Crippen LogP contribution in [0.1, 0.15) is 13.8 Å². The molecule has 294 valence electrons. The van der Waals surface area contributed by atoms with Crippen molar-refractivity contribution in [3.63, 3.8) is 0 Å². The highest BCUT2D eigenvalue weighted by atomic mass is 35.5. The van der Waals surface area contributed by atoms with Crippen LogP contribution >= 0.6 is 23.2 Å². The molecule has 0 heterocycles. The Labute approximate surface area is 358 Å². The molecule has 0 spiro atoms. The molecule has 0 aliphatic carbocycles. The van der Waals surface area contributed by atoms with Gasteiger partial charge in [-0.15, -0.1) is 0 Å². The minimum absolute atomic E-state index is 0.314. The van der Waals surface area contributed by atoms with Crippen molar-refractivity contribution < 1.29 is 19.1 Å². The van der Waals surface area contributed by atoms with Gasteiger partial charge in [-0.3, -0.25) is 0 Å². The van der Waals surface area contributed by atoms with Crippen molar-refractivity contribution >= 4 is 90.8 Å². The van der Waals surface area contributed by atoms with Gasteiger partial charge in [-0.05, 0) is 97.8 Å². The highest BCUT2D eigenvalue weighted by Crippen LogP contribution is 2.47. The van der Waals surface area contributed by atoms with Crippen LogP contribution in [0, 0.1) is 0 Å². The van der Waals surface area contributed by atoms with Crippen molar-refractivity contribution in [1.29, 1.82) is 0 Å². The summed E-state index contributed by atoms with van der Waals surface area (Å²) in [5, 5.41) is 4.31. The fraction of sp³-hybridized carbons (Fsp3) is 0.0385. The number of hydrogen-bond donors (Lipinski definition) is 0. The van der Waals surface area contributed by atoms with Crippen LogP contribution in [0.5, 0.6) is 11.5 Å². The predicted molar refractivity (Wildman–Crippen MR) is 247 cm³/mol. The van der Waals surface area contributed by atoms with Gasteiger partial charge in [0, 0.05) is 44.1 Å². The predicted octanol–water partition coefficient (Wildman–Crippen LogP) is 14.9. The van der Waals surface area contributed by atoms with E-state index in [0.717, 1.165) is 66.8 Å². The number of hydrogen-bond acceptors (Lipinski definition) is 6. The van der Waals surface area contributed by atoms with Gasteiger partial charge in [0.1, 0.15) is 11.5 Å². The Balaban J connectivity index is 1.19. The summed E-state index contributed by atoms with van der Waals surface area (Å²) in [7, 11) is 0. The third kappa shape index (κ3) is 7.86. The highest BCUT2D eigenvalue weighted by Gasteiger charge is 2.22. The third-order valence-corrected chi connectivity index (χ3v) is 10.6. The average Bonchev–Trinajstić information content (AvgIpc) is 3.26. The normalized spacial score (nSPS) is 10.9. The molecule has 8 rings (SSSR count). The number of carbonyl (C=O) groups is 2. The first-order chi connectivity index (χ1) is 29.1. The summed E-state index contributed by atoms with van der Waals surface area (Å²) in [6.07, 6.45) is 0. The van der Waals surface area contributed by atoms with E-state index in [-0.39, 0.29) is 0 Å². The lowest BCUT2D eigenvalue weighted by molar-refractivity contribution is -0.130. The largest absolute Gasteiger partial charge is 0.423 e. The van der Waals surface area contributed by atoms with Crippen LogP contribution in [-0.4, -0.2) is 11.9 Å². The summed E-state index contributed by atoms with van der Waals surface area (Å²) >= 11 is 14.5. The number of benzene rings is 8. The summed E-state index contributed by atoms with van der Waals surface area (Å²) in [5.41, 5.74) is 7.38. The maximum absolute atomic E-state index is 12.5. The Kier molecular flexibility index (Phi) is 11.2. The second-order valence-corrected chi connectivity index (χ2v) is 15.1. The fourth-order valence-electron chi connectivity index (χ4n) is 7.18. The van der Waals surface area contributed by atoms with Gasteiger partial charge >= 0.3 is 11.9 Å². The van der Waals surface area contributed by atoms with Crippen molar-refractivity contribution in [2.75, 3.05) is 9.80 Å². The van der Waals surface area contributed by atoms with Crippen LogP contribution in [0.25, 0.3) is 32.7 Å². The Bertz CT molecular complexity index is 2760. The molecule has 0 saturated heterocycles. The van der Waals surface area contributed by atoms with Gasteiger partial charge in [-0.2, -0.15) is 0 Å². The lowest BCUT2D eigenvalue weighted by Gasteiger charge is -2.28. The van der Waals surface area contributed by atoms with E-state index in [4.69, 9.17) is 32.7 Å². The average molecular weight is 826 g/mol. The minimum Gasteiger partial charge on any atom is -0.423 e. The lowest BCUT2D eigenvalue weighted by atomic mass is 10.0. The number of rotatable bonds is 11. The molecule has 0 bridgehead atoms. The van der Waals surface area contributed by atoms with Gasteiger partial charge in [0.2, 0.25) is 0 Å². The monoisotopic (exact) mass is 824 g/mol. The number of nitrogens with zero attached hydrogens (tertiary/aromatic N) is 2. The van der Waals surface area contributed by atoms with Gasteiger partial charge in [-0.1, -0.05) is 133 Å². The number of halogens is 2. The first-order valence-corrected chi connectivity index (χ1v) is 19.9. The van der Waals surface area contributed by atoms with E-state index in [1.165, 1.54) is 0 Å². The van der Waals surface area contributed by atoms with Gasteiger partial charge in [0.25, 0.3) is 0 Å². The molecule has 0 saturated carbocycles. The fourth-order valence-corrected chi connectivity index (χ4v) is 7.71. The summed E-state index contributed by atoms with van der Waals surface area (Å²) in [4.78, 5) is 29.3. The van der Waals surface area contributed by atoms with Crippen molar-refractivity contribution in [2.45, 2.75) is 13.8 Å². The second kappa shape index (κ2) is 17.0. The molecule has 0 radical (unpaired) electrons. The topological polar surface area (TPSA) is 59.1 Å². The molecule has 60 heavy (non-hydrogen) atoms. The Morgan fingerprint density at radius 2 is 0.800 bits per heavy atom. The van der Waals surface area contributed by atoms with E-state index >= 15 is 0 Å². The standard InChI is InChI=1S/C52H38Cl2N2O4/c1-33(2)51(57)59-49-25-13-19-39-41(49)21-11-23-45(39)55(37-15-7-5-8-16-37)47-29-27-35(31-43(47)53)36-28-30-48(44(54)32-36)56(38-17-9-6-10-18-38)46-24-12-22-42-40(46)20-14-26-50(42)60-52(58)34(3)4/h5-32H,1,3H2,2,4H3. The molecule has 0 fully saturated rings. The molecule has 8 aromatic rings. The summed E-state index contributed by atoms with van der Waals surface area (Å²) in [6, 6.07) is 55.0. The van der Waals surface area contributed by atoms with Gasteiger partial charge in [-0.25, -0.2) is 9.59 Å². The zero-order chi connectivity index (χ0) is 41.9. The maximum atomic E-state index is 12.5. The summed E-state index contributed by atoms with van der Waals surface area (Å²) < 4.78 is 11.5. The number of esters is 2.